The molecule has 2 aliphatic rings. The molecule has 4 rings (SSSR count). The molecule has 2 aliphatic heterocycles. The fourth-order valence-corrected chi connectivity index (χ4v) is 3.08. The molecule has 6 nitrogen and oxygen atoms in total. The van der Waals surface area contributed by atoms with Gasteiger partial charge in [0.2, 0.25) is 5.91 Å². The first-order chi connectivity index (χ1) is 10.8. The SMILES string of the molecule is O=C(NCc1ccc2c(c1)CCO2)C1NCCc2[nH]cnc21. The molecule has 1 unspecified atom stereocenters. The normalized spacial score (nSPS) is 19.2. The van der Waals surface area contributed by atoms with Crippen LogP contribution in [0.1, 0.15) is 28.6 Å². The molecule has 6 heteroatoms. The summed E-state index contributed by atoms with van der Waals surface area (Å²) in [6, 6.07) is 5.72. The lowest BCUT2D eigenvalue weighted by molar-refractivity contribution is -0.123. The molecule has 3 heterocycles. The van der Waals surface area contributed by atoms with Crippen LogP contribution in [-0.2, 0) is 24.2 Å². The van der Waals surface area contributed by atoms with Crippen molar-refractivity contribution in [3.63, 3.8) is 0 Å². The number of rotatable bonds is 3. The second-order valence-corrected chi connectivity index (χ2v) is 5.66. The summed E-state index contributed by atoms with van der Waals surface area (Å²) in [5.41, 5.74) is 4.17. The van der Waals surface area contributed by atoms with Crippen LogP contribution in [0.2, 0.25) is 0 Å². The zero-order valence-electron chi connectivity index (χ0n) is 12.2. The third-order valence-corrected chi connectivity index (χ3v) is 4.23. The van der Waals surface area contributed by atoms with Crippen LogP contribution in [0.25, 0.3) is 0 Å². The van der Waals surface area contributed by atoms with E-state index in [-0.39, 0.29) is 11.9 Å². The lowest BCUT2D eigenvalue weighted by Gasteiger charge is -2.22. The molecule has 2 aromatic rings. The highest BCUT2D eigenvalue weighted by molar-refractivity contribution is 5.83. The topological polar surface area (TPSA) is 79.0 Å². The van der Waals surface area contributed by atoms with E-state index in [1.807, 2.05) is 12.1 Å². The van der Waals surface area contributed by atoms with Gasteiger partial charge in [0.15, 0.2) is 0 Å². The van der Waals surface area contributed by atoms with Gasteiger partial charge in [0, 0.05) is 31.6 Å². The van der Waals surface area contributed by atoms with E-state index in [4.69, 9.17) is 4.74 Å². The number of aromatic nitrogens is 2. The summed E-state index contributed by atoms with van der Waals surface area (Å²) in [5.74, 6) is 0.926. The maximum atomic E-state index is 12.4. The molecule has 1 atom stereocenters. The molecule has 0 bridgehead atoms. The molecule has 1 aromatic carbocycles. The van der Waals surface area contributed by atoms with Gasteiger partial charge in [0.25, 0.3) is 0 Å². The number of nitrogens with one attached hydrogen (secondary N) is 3. The number of hydrogen-bond acceptors (Lipinski definition) is 4. The standard InChI is InChI=1S/C16H18N4O2/c21-16(15-14-12(3-5-17-15)19-9-20-14)18-8-10-1-2-13-11(7-10)4-6-22-13/h1-2,7,9,15,17H,3-6,8H2,(H,18,21)(H,19,20). The van der Waals surface area contributed by atoms with Crippen LogP contribution >= 0.6 is 0 Å². The van der Waals surface area contributed by atoms with Crippen LogP contribution in [0, 0.1) is 0 Å². The van der Waals surface area contributed by atoms with Gasteiger partial charge in [-0.3, -0.25) is 4.79 Å². The van der Waals surface area contributed by atoms with Crippen molar-refractivity contribution in [2.24, 2.45) is 0 Å². The number of ether oxygens (including phenoxy) is 1. The molecule has 114 valence electrons. The van der Waals surface area contributed by atoms with Crippen LogP contribution in [0.5, 0.6) is 5.75 Å². The first-order valence-electron chi connectivity index (χ1n) is 7.59. The molecule has 3 N–H and O–H groups in total. The molecule has 0 spiro atoms. The van der Waals surface area contributed by atoms with Gasteiger partial charge >= 0.3 is 0 Å². The number of carbonyl (C=O) groups excluding carboxylic acids is 1. The van der Waals surface area contributed by atoms with Crippen LogP contribution in [0.3, 0.4) is 0 Å². The van der Waals surface area contributed by atoms with E-state index in [9.17, 15) is 4.79 Å². The second kappa shape index (κ2) is 5.46. The molecule has 22 heavy (non-hydrogen) atoms. The Kier molecular flexibility index (Phi) is 3.31. The highest BCUT2D eigenvalue weighted by Crippen LogP contribution is 2.26. The highest BCUT2D eigenvalue weighted by atomic mass is 16.5. The number of imidazole rings is 1. The first kappa shape index (κ1) is 13.3. The maximum absolute atomic E-state index is 12.4. The molecule has 1 aromatic heterocycles. The highest BCUT2D eigenvalue weighted by Gasteiger charge is 2.28. The number of nitrogens with zero attached hydrogens (tertiary/aromatic N) is 1. The summed E-state index contributed by atoms with van der Waals surface area (Å²) in [6.45, 7) is 2.05. The predicted molar refractivity (Wildman–Crippen MR) is 80.5 cm³/mol. The summed E-state index contributed by atoms with van der Waals surface area (Å²) in [5, 5.41) is 6.22. The van der Waals surface area contributed by atoms with Crippen molar-refractivity contribution < 1.29 is 9.53 Å². The lowest BCUT2D eigenvalue weighted by atomic mass is 10.0. The Morgan fingerprint density at radius 3 is 3.32 bits per heavy atom. The Hall–Kier alpha value is -2.34. The van der Waals surface area contributed by atoms with Crippen LogP contribution in [-0.4, -0.2) is 29.0 Å². The van der Waals surface area contributed by atoms with E-state index >= 15 is 0 Å². The van der Waals surface area contributed by atoms with E-state index in [0.29, 0.717) is 6.54 Å². The minimum absolute atomic E-state index is 0.0372. The minimum Gasteiger partial charge on any atom is -0.493 e. The van der Waals surface area contributed by atoms with Crippen molar-refractivity contribution in [2.45, 2.75) is 25.4 Å². The summed E-state index contributed by atoms with van der Waals surface area (Å²) < 4.78 is 5.50. The molecule has 0 radical (unpaired) electrons. The number of benzene rings is 1. The lowest BCUT2D eigenvalue weighted by Crippen LogP contribution is -2.41. The third kappa shape index (κ3) is 2.35. The largest absolute Gasteiger partial charge is 0.493 e. The smallest absolute Gasteiger partial charge is 0.243 e. The van der Waals surface area contributed by atoms with E-state index in [1.54, 1.807) is 6.33 Å². The average Bonchev–Trinajstić information content (AvgIpc) is 3.20. The number of hydrogen-bond donors (Lipinski definition) is 3. The van der Waals surface area contributed by atoms with Crippen molar-refractivity contribution >= 4 is 5.91 Å². The van der Waals surface area contributed by atoms with E-state index < -0.39 is 0 Å². The van der Waals surface area contributed by atoms with Crippen molar-refractivity contribution in [1.82, 2.24) is 20.6 Å². The quantitative estimate of drug-likeness (QED) is 0.785. The van der Waals surface area contributed by atoms with Gasteiger partial charge in [-0.15, -0.1) is 0 Å². The predicted octanol–water partition coefficient (Wildman–Crippen LogP) is 0.848. The second-order valence-electron chi connectivity index (χ2n) is 5.66. The van der Waals surface area contributed by atoms with Crippen molar-refractivity contribution in [3.8, 4) is 5.75 Å². The minimum atomic E-state index is -0.368. The Labute approximate surface area is 128 Å². The number of aromatic amines is 1. The summed E-state index contributed by atoms with van der Waals surface area (Å²) >= 11 is 0. The number of amides is 1. The number of carbonyl (C=O) groups is 1. The molecule has 0 saturated carbocycles. The average molecular weight is 298 g/mol. The van der Waals surface area contributed by atoms with Gasteiger partial charge in [-0.05, 0) is 17.2 Å². The zero-order valence-corrected chi connectivity index (χ0v) is 12.2. The van der Waals surface area contributed by atoms with E-state index in [0.717, 1.165) is 48.7 Å². The van der Waals surface area contributed by atoms with Crippen LogP contribution in [0.15, 0.2) is 24.5 Å². The van der Waals surface area contributed by atoms with Gasteiger partial charge in [0.05, 0.1) is 18.6 Å². The number of H-pyrrole nitrogens is 1. The van der Waals surface area contributed by atoms with Gasteiger partial charge in [-0.1, -0.05) is 12.1 Å². The van der Waals surface area contributed by atoms with Gasteiger partial charge in [-0.2, -0.15) is 0 Å². The van der Waals surface area contributed by atoms with E-state index in [1.165, 1.54) is 5.56 Å². The molecular weight excluding hydrogens is 280 g/mol. The van der Waals surface area contributed by atoms with Crippen LogP contribution < -0.4 is 15.4 Å². The molecule has 0 aliphatic carbocycles. The first-order valence-corrected chi connectivity index (χ1v) is 7.59. The van der Waals surface area contributed by atoms with Gasteiger partial charge < -0.3 is 20.4 Å². The Bertz CT molecular complexity index is 710. The van der Waals surface area contributed by atoms with Crippen LogP contribution in [0.4, 0.5) is 0 Å². The molecule has 0 saturated heterocycles. The van der Waals surface area contributed by atoms with Crippen molar-refractivity contribution in [3.05, 3.63) is 47.0 Å². The summed E-state index contributed by atoms with van der Waals surface area (Å²) in [4.78, 5) is 19.8. The van der Waals surface area contributed by atoms with Crippen molar-refractivity contribution in [2.75, 3.05) is 13.2 Å². The maximum Gasteiger partial charge on any atom is 0.243 e. The number of fused-ring (bicyclic) bond motifs is 2. The fourth-order valence-electron chi connectivity index (χ4n) is 3.08. The Morgan fingerprint density at radius 2 is 2.36 bits per heavy atom. The van der Waals surface area contributed by atoms with E-state index in [2.05, 4.69) is 26.7 Å². The Morgan fingerprint density at radius 1 is 1.41 bits per heavy atom. The van der Waals surface area contributed by atoms with Gasteiger partial charge in [0.1, 0.15) is 11.8 Å². The monoisotopic (exact) mass is 298 g/mol. The molecular formula is C16H18N4O2. The third-order valence-electron chi connectivity index (χ3n) is 4.23. The summed E-state index contributed by atoms with van der Waals surface area (Å²) in [7, 11) is 0. The fraction of sp³-hybridized carbons (Fsp3) is 0.375. The van der Waals surface area contributed by atoms with Gasteiger partial charge in [-0.25, -0.2) is 4.98 Å². The van der Waals surface area contributed by atoms with Crippen molar-refractivity contribution in [1.29, 1.82) is 0 Å². The molecule has 0 fully saturated rings. The zero-order chi connectivity index (χ0) is 14.9. The summed E-state index contributed by atoms with van der Waals surface area (Å²) in [6.07, 6.45) is 3.47. The Balaban J connectivity index is 1.43. The molecule has 1 amide bonds.